The van der Waals surface area contributed by atoms with E-state index in [0.29, 0.717) is 29.4 Å². The number of aromatic nitrogens is 2. The van der Waals surface area contributed by atoms with Gasteiger partial charge in [0.2, 0.25) is 0 Å². The summed E-state index contributed by atoms with van der Waals surface area (Å²) in [6.07, 6.45) is 0. The lowest BCUT2D eigenvalue weighted by Crippen LogP contribution is -2.36. The molecule has 8 heteroatoms. The average molecular weight is 384 g/mol. The Hall–Kier alpha value is -3.02. The molecule has 1 aliphatic heterocycles. The standard InChI is InChI=1S/C20H24N4O4/c1-26-15-5-6-19(27-2)16(13-15)17-14-18(23-22-17)20(25)21-7-3-4-8-24-9-11-28-12-10-24/h5-6,13-14H,7-12H2,1-2H3,(H,21,25)(H,22,23). The molecule has 0 atom stereocenters. The average Bonchev–Trinajstić information content (AvgIpc) is 3.24. The molecule has 0 radical (unpaired) electrons. The monoisotopic (exact) mass is 384 g/mol. The van der Waals surface area contributed by atoms with Gasteiger partial charge >= 0.3 is 0 Å². The molecule has 1 fully saturated rings. The Morgan fingerprint density at radius 3 is 2.82 bits per heavy atom. The second-order valence-electron chi connectivity index (χ2n) is 6.16. The van der Waals surface area contributed by atoms with Crippen molar-refractivity contribution in [2.24, 2.45) is 0 Å². The van der Waals surface area contributed by atoms with Crippen molar-refractivity contribution in [2.45, 2.75) is 0 Å². The lowest BCUT2D eigenvalue weighted by Gasteiger charge is -2.24. The molecule has 1 saturated heterocycles. The van der Waals surface area contributed by atoms with Gasteiger partial charge in [0.15, 0.2) is 0 Å². The second kappa shape index (κ2) is 9.78. The third-order valence-electron chi connectivity index (χ3n) is 4.37. The number of amides is 1. The van der Waals surface area contributed by atoms with Crippen molar-refractivity contribution in [2.75, 3.05) is 53.6 Å². The molecule has 0 aliphatic carbocycles. The molecule has 0 bridgehead atoms. The number of hydrogen-bond donors (Lipinski definition) is 2. The Balaban J connectivity index is 1.57. The van der Waals surface area contributed by atoms with Crippen LogP contribution in [-0.2, 0) is 4.74 Å². The molecular weight excluding hydrogens is 360 g/mol. The van der Waals surface area contributed by atoms with Crippen LogP contribution in [0.1, 0.15) is 10.5 Å². The molecule has 1 aliphatic rings. The van der Waals surface area contributed by atoms with Gasteiger partial charge in [0.25, 0.3) is 5.91 Å². The molecule has 0 unspecified atom stereocenters. The summed E-state index contributed by atoms with van der Waals surface area (Å²) in [4.78, 5) is 14.5. The first kappa shape index (κ1) is 19.7. The predicted molar refractivity (Wildman–Crippen MR) is 104 cm³/mol. The van der Waals surface area contributed by atoms with Gasteiger partial charge in [-0.2, -0.15) is 5.10 Å². The van der Waals surface area contributed by atoms with Crippen LogP contribution < -0.4 is 14.8 Å². The molecule has 0 saturated carbocycles. The number of hydrogen-bond acceptors (Lipinski definition) is 6. The molecule has 0 spiro atoms. The predicted octanol–water partition coefficient (Wildman–Crippen LogP) is 1.16. The summed E-state index contributed by atoms with van der Waals surface area (Å²) in [7, 11) is 3.18. The van der Waals surface area contributed by atoms with Crippen LogP contribution in [0.3, 0.4) is 0 Å². The zero-order valence-corrected chi connectivity index (χ0v) is 16.1. The van der Waals surface area contributed by atoms with E-state index in [1.807, 2.05) is 6.07 Å². The highest BCUT2D eigenvalue weighted by molar-refractivity contribution is 5.93. The zero-order chi connectivity index (χ0) is 19.8. The number of ether oxygens (including phenoxy) is 3. The zero-order valence-electron chi connectivity index (χ0n) is 16.1. The Morgan fingerprint density at radius 2 is 2.07 bits per heavy atom. The summed E-state index contributed by atoms with van der Waals surface area (Å²) in [5.41, 5.74) is 1.69. The van der Waals surface area contributed by atoms with Gasteiger partial charge in [-0.05, 0) is 24.3 Å². The topological polar surface area (TPSA) is 88.7 Å². The van der Waals surface area contributed by atoms with E-state index < -0.39 is 0 Å². The molecule has 148 valence electrons. The highest BCUT2D eigenvalue weighted by atomic mass is 16.5. The Kier molecular flexibility index (Phi) is 6.89. The Bertz CT molecular complexity index is 863. The number of benzene rings is 1. The minimum absolute atomic E-state index is 0.263. The van der Waals surface area contributed by atoms with Crippen LogP contribution >= 0.6 is 0 Å². The maximum absolute atomic E-state index is 12.3. The van der Waals surface area contributed by atoms with Gasteiger partial charge in [-0.1, -0.05) is 11.8 Å². The highest BCUT2D eigenvalue weighted by Gasteiger charge is 2.14. The lowest BCUT2D eigenvalue weighted by atomic mass is 10.1. The fourth-order valence-corrected chi connectivity index (χ4v) is 2.80. The van der Waals surface area contributed by atoms with Crippen molar-refractivity contribution < 1.29 is 19.0 Å². The first-order chi connectivity index (χ1) is 13.7. The number of nitrogens with one attached hydrogen (secondary N) is 2. The molecular formula is C20H24N4O4. The van der Waals surface area contributed by atoms with E-state index in [2.05, 4.69) is 32.3 Å². The van der Waals surface area contributed by atoms with Crippen molar-refractivity contribution >= 4 is 5.91 Å². The first-order valence-corrected chi connectivity index (χ1v) is 9.03. The van der Waals surface area contributed by atoms with Crippen molar-refractivity contribution in [1.82, 2.24) is 20.4 Å². The van der Waals surface area contributed by atoms with Crippen LogP contribution in [0.25, 0.3) is 11.3 Å². The lowest BCUT2D eigenvalue weighted by molar-refractivity contribution is 0.0443. The first-order valence-electron chi connectivity index (χ1n) is 9.03. The summed E-state index contributed by atoms with van der Waals surface area (Å²) in [5, 5.41) is 9.75. The maximum atomic E-state index is 12.3. The van der Waals surface area contributed by atoms with Gasteiger partial charge in [-0.3, -0.25) is 14.8 Å². The number of rotatable bonds is 6. The van der Waals surface area contributed by atoms with E-state index in [4.69, 9.17) is 14.2 Å². The fourth-order valence-electron chi connectivity index (χ4n) is 2.80. The van der Waals surface area contributed by atoms with Crippen LogP contribution in [0.4, 0.5) is 0 Å². The van der Waals surface area contributed by atoms with E-state index >= 15 is 0 Å². The highest BCUT2D eigenvalue weighted by Crippen LogP contribution is 2.32. The smallest absolute Gasteiger partial charge is 0.270 e. The maximum Gasteiger partial charge on any atom is 0.270 e. The molecule has 1 aromatic carbocycles. The van der Waals surface area contributed by atoms with Gasteiger partial charge in [-0.25, -0.2) is 0 Å². The minimum Gasteiger partial charge on any atom is -0.497 e. The van der Waals surface area contributed by atoms with Crippen LogP contribution in [0.5, 0.6) is 11.5 Å². The van der Waals surface area contributed by atoms with E-state index in [1.54, 1.807) is 32.4 Å². The Labute approximate surface area is 164 Å². The number of nitrogens with zero attached hydrogens (tertiary/aromatic N) is 2. The number of H-pyrrole nitrogens is 1. The minimum atomic E-state index is -0.263. The fraction of sp³-hybridized carbons (Fsp3) is 0.400. The van der Waals surface area contributed by atoms with Crippen molar-refractivity contribution in [3.63, 3.8) is 0 Å². The van der Waals surface area contributed by atoms with Gasteiger partial charge in [0.1, 0.15) is 17.2 Å². The van der Waals surface area contributed by atoms with Crippen molar-refractivity contribution in [3.05, 3.63) is 30.0 Å². The molecule has 1 amide bonds. The largest absolute Gasteiger partial charge is 0.497 e. The normalized spacial score (nSPS) is 14.1. The van der Waals surface area contributed by atoms with Crippen LogP contribution in [0.15, 0.2) is 24.3 Å². The van der Waals surface area contributed by atoms with Crippen LogP contribution in [0.2, 0.25) is 0 Å². The van der Waals surface area contributed by atoms with Gasteiger partial charge in [0.05, 0.1) is 46.2 Å². The van der Waals surface area contributed by atoms with E-state index in [0.717, 1.165) is 31.9 Å². The molecule has 1 aromatic heterocycles. The van der Waals surface area contributed by atoms with Crippen molar-refractivity contribution in [3.8, 4) is 34.6 Å². The van der Waals surface area contributed by atoms with Gasteiger partial charge in [0, 0.05) is 18.7 Å². The number of carbonyl (C=O) groups is 1. The summed E-state index contributed by atoms with van der Waals surface area (Å²) in [6.45, 7) is 4.25. The van der Waals surface area contributed by atoms with Gasteiger partial charge in [-0.15, -0.1) is 0 Å². The number of carbonyl (C=O) groups excluding carboxylic acids is 1. The number of aromatic amines is 1. The number of methoxy groups -OCH3 is 2. The third-order valence-corrected chi connectivity index (χ3v) is 4.37. The molecule has 2 aromatic rings. The number of morpholine rings is 1. The SMILES string of the molecule is COc1ccc(OC)c(-c2cc(C(=O)NCC#CCN3CCOCC3)[nH]n2)c1. The van der Waals surface area contributed by atoms with E-state index in [-0.39, 0.29) is 12.5 Å². The summed E-state index contributed by atoms with van der Waals surface area (Å²) >= 11 is 0. The molecule has 2 N–H and O–H groups in total. The molecule has 28 heavy (non-hydrogen) atoms. The van der Waals surface area contributed by atoms with E-state index in [1.165, 1.54) is 0 Å². The van der Waals surface area contributed by atoms with E-state index in [9.17, 15) is 4.79 Å². The molecule has 2 heterocycles. The van der Waals surface area contributed by atoms with Crippen LogP contribution in [-0.4, -0.2) is 74.6 Å². The quantitative estimate of drug-likeness (QED) is 0.727. The third kappa shape index (κ3) is 5.03. The Morgan fingerprint density at radius 1 is 1.25 bits per heavy atom. The molecule has 3 rings (SSSR count). The van der Waals surface area contributed by atoms with Crippen molar-refractivity contribution in [1.29, 1.82) is 0 Å². The molecule has 8 nitrogen and oxygen atoms in total. The van der Waals surface area contributed by atoms with Crippen LogP contribution in [0, 0.1) is 11.8 Å². The second-order valence-corrected chi connectivity index (χ2v) is 6.16. The summed E-state index contributed by atoms with van der Waals surface area (Å²) in [5.74, 6) is 7.10. The summed E-state index contributed by atoms with van der Waals surface area (Å²) < 4.78 is 15.9. The van der Waals surface area contributed by atoms with Gasteiger partial charge < -0.3 is 19.5 Å². The summed E-state index contributed by atoms with van der Waals surface area (Å²) in [6, 6.07) is 7.09.